The molecule has 0 aliphatic carbocycles. The van der Waals surface area contributed by atoms with Crippen molar-refractivity contribution in [1.29, 1.82) is 0 Å². The second-order valence-electron chi connectivity index (χ2n) is 1.91. The van der Waals surface area contributed by atoms with Crippen LogP contribution in [-0.4, -0.2) is 23.7 Å². The van der Waals surface area contributed by atoms with Gasteiger partial charge in [0.2, 0.25) is 10.5 Å². The van der Waals surface area contributed by atoms with Crippen molar-refractivity contribution in [2.75, 3.05) is 13.2 Å². The van der Waals surface area contributed by atoms with E-state index in [9.17, 15) is 0 Å². The zero-order valence-electron chi connectivity index (χ0n) is 7.64. The fraction of sp³-hybridized carbons (Fsp3) is 0.714. The van der Waals surface area contributed by atoms with Crippen LogP contribution in [0.1, 0.15) is 20.8 Å². The van der Waals surface area contributed by atoms with Crippen molar-refractivity contribution in [3.05, 3.63) is 11.7 Å². The number of ether oxygens (including phenoxy) is 2. The van der Waals surface area contributed by atoms with E-state index < -0.39 is 0 Å². The molecule has 0 aliphatic heterocycles. The van der Waals surface area contributed by atoms with E-state index in [0.717, 1.165) is 5.76 Å². The first-order valence-corrected chi connectivity index (χ1v) is 4.58. The van der Waals surface area contributed by atoms with E-state index in [-0.39, 0.29) is 0 Å². The smallest absolute Gasteiger partial charge is 0.304 e. The van der Waals surface area contributed by atoms with Gasteiger partial charge in [0.25, 0.3) is 0 Å². The molecule has 0 spiro atoms. The molecule has 0 rings (SSSR count). The predicted molar refractivity (Wildman–Crippen MR) is 47.0 cm³/mol. The molecule has 0 radical (unpaired) electrons. The van der Waals surface area contributed by atoms with Gasteiger partial charge in [-0.05, 0) is 13.8 Å². The maximum atomic E-state index is 5.20. The number of allylic oxidation sites excluding steroid dienone is 1. The Labute approximate surface area is 70.9 Å². The molecule has 3 nitrogen and oxygen atoms in total. The van der Waals surface area contributed by atoms with Gasteiger partial charge in [-0.15, -0.1) is 0 Å². The lowest BCUT2D eigenvalue weighted by Gasteiger charge is -2.11. The van der Waals surface area contributed by atoms with E-state index in [1.165, 1.54) is 0 Å². The van der Waals surface area contributed by atoms with Crippen LogP contribution in [0.15, 0.2) is 11.7 Å². The summed E-state index contributed by atoms with van der Waals surface area (Å²) in [5, 5.41) is 0. The molecule has 0 aromatic carbocycles. The van der Waals surface area contributed by atoms with Gasteiger partial charge >= 0.3 is 5.95 Å². The van der Waals surface area contributed by atoms with Gasteiger partial charge in [0.15, 0.2) is 5.76 Å². The van der Waals surface area contributed by atoms with Crippen molar-refractivity contribution in [1.82, 2.24) is 0 Å². The highest BCUT2D eigenvalue weighted by Gasteiger charge is 2.01. The van der Waals surface area contributed by atoms with Crippen LogP contribution in [0, 0.1) is 0 Å². The summed E-state index contributed by atoms with van der Waals surface area (Å²) in [5.41, 5.74) is 0. The average molecular weight is 176 g/mol. The monoisotopic (exact) mass is 176 g/mol. The Morgan fingerprint density at radius 1 is 1.18 bits per heavy atom. The third kappa shape index (κ3) is 3.93. The summed E-state index contributed by atoms with van der Waals surface area (Å²) in [6.07, 6.45) is 0. The molecule has 0 saturated heterocycles. The first-order chi connectivity index (χ1) is 5.26. The molecule has 0 bridgehead atoms. The molecule has 0 heterocycles. The van der Waals surface area contributed by atoms with Crippen LogP contribution >= 0.6 is 0 Å². The Hall–Kier alpha value is -0.643. The molecule has 0 amide bonds. The van der Waals surface area contributed by atoms with E-state index in [4.69, 9.17) is 13.9 Å². The van der Waals surface area contributed by atoms with Gasteiger partial charge in [-0.25, -0.2) is 0 Å². The zero-order chi connectivity index (χ0) is 8.69. The Bertz CT molecular complexity index is 134. The Kier molecular flexibility index (Phi) is 5.74. The summed E-state index contributed by atoms with van der Waals surface area (Å²) in [6.45, 7) is 6.95. The van der Waals surface area contributed by atoms with Crippen LogP contribution in [0.25, 0.3) is 0 Å². The van der Waals surface area contributed by atoms with Crippen molar-refractivity contribution >= 4 is 10.5 Å². The fourth-order valence-corrected chi connectivity index (χ4v) is 1.12. The summed E-state index contributed by atoms with van der Waals surface area (Å²) in [6, 6.07) is 0. The molecule has 0 aromatic rings. The predicted octanol–water partition coefficient (Wildman–Crippen LogP) is 0.545. The molecule has 0 unspecified atom stereocenters. The minimum absolute atomic E-state index is 0.529. The van der Waals surface area contributed by atoms with Crippen LogP contribution in [0.5, 0.6) is 0 Å². The van der Waals surface area contributed by atoms with Crippen molar-refractivity contribution in [3.8, 4) is 0 Å². The van der Waals surface area contributed by atoms with Crippen molar-refractivity contribution in [2.45, 2.75) is 20.8 Å². The molecule has 0 fully saturated rings. The third-order valence-corrected chi connectivity index (χ3v) is 1.48. The van der Waals surface area contributed by atoms with E-state index in [1.807, 2.05) is 20.8 Å². The van der Waals surface area contributed by atoms with Gasteiger partial charge in [0, 0.05) is 6.92 Å². The zero-order valence-corrected chi connectivity index (χ0v) is 9.64. The molecule has 0 N–H and O–H groups in total. The normalized spacial score (nSPS) is 12.3. The Balaban J connectivity index is 4.02. The Morgan fingerprint density at radius 2 is 1.73 bits per heavy atom. The van der Waals surface area contributed by atoms with Crippen molar-refractivity contribution in [2.24, 2.45) is 0 Å². The van der Waals surface area contributed by atoms with Crippen LogP contribution in [0.4, 0.5) is 0 Å². The fourth-order valence-electron chi connectivity index (χ4n) is 0.711. The molecular formula is C7H16O3Si. The van der Waals surface area contributed by atoms with Gasteiger partial charge in [-0.1, -0.05) is 0 Å². The van der Waals surface area contributed by atoms with E-state index in [2.05, 4.69) is 0 Å². The number of rotatable bonds is 5. The highest BCUT2D eigenvalue weighted by Crippen LogP contribution is 2.06. The SMILES string of the molecule is CCOC(C)=C(O[SiH3])OCC. The van der Waals surface area contributed by atoms with Crippen LogP contribution in [0.2, 0.25) is 0 Å². The summed E-state index contributed by atoms with van der Waals surface area (Å²) in [4.78, 5) is 0. The van der Waals surface area contributed by atoms with Crippen molar-refractivity contribution in [3.63, 3.8) is 0 Å². The van der Waals surface area contributed by atoms with Crippen LogP contribution < -0.4 is 0 Å². The lowest BCUT2D eigenvalue weighted by atomic mass is 10.6. The number of hydrogen-bond acceptors (Lipinski definition) is 3. The van der Waals surface area contributed by atoms with Crippen molar-refractivity contribution < 1.29 is 13.9 Å². The molecule has 0 aromatic heterocycles. The van der Waals surface area contributed by atoms with E-state index >= 15 is 0 Å². The molecular weight excluding hydrogens is 160 g/mol. The molecule has 66 valence electrons. The second kappa shape index (κ2) is 6.09. The van der Waals surface area contributed by atoms with Gasteiger partial charge in [0.05, 0.1) is 13.2 Å². The van der Waals surface area contributed by atoms with Crippen LogP contribution in [0.3, 0.4) is 0 Å². The number of hydrogen-bond donors (Lipinski definition) is 0. The lowest BCUT2D eigenvalue weighted by molar-refractivity contribution is 0.0865. The highest BCUT2D eigenvalue weighted by molar-refractivity contribution is 5.98. The van der Waals surface area contributed by atoms with E-state index in [0.29, 0.717) is 29.6 Å². The third-order valence-electron chi connectivity index (χ3n) is 1.11. The minimum Gasteiger partial charge on any atom is -0.526 e. The lowest BCUT2D eigenvalue weighted by Crippen LogP contribution is -2.01. The summed E-state index contributed by atoms with van der Waals surface area (Å²) >= 11 is 0. The first kappa shape index (κ1) is 10.4. The van der Waals surface area contributed by atoms with Crippen LogP contribution in [-0.2, 0) is 13.9 Å². The van der Waals surface area contributed by atoms with E-state index in [1.54, 1.807) is 0 Å². The van der Waals surface area contributed by atoms with Gasteiger partial charge in [-0.3, -0.25) is 0 Å². The molecule has 0 atom stereocenters. The topological polar surface area (TPSA) is 27.7 Å². The Morgan fingerprint density at radius 3 is 2.09 bits per heavy atom. The maximum Gasteiger partial charge on any atom is 0.304 e. The quantitative estimate of drug-likeness (QED) is 0.452. The van der Waals surface area contributed by atoms with Gasteiger partial charge in [-0.2, -0.15) is 0 Å². The second-order valence-corrected chi connectivity index (χ2v) is 2.32. The first-order valence-electron chi connectivity index (χ1n) is 3.76. The minimum atomic E-state index is 0.529. The maximum absolute atomic E-state index is 5.20. The standard InChI is InChI=1S/C7H16O3Si/c1-4-8-6(3)7(10-11)9-5-2/h4-5H2,1-3,11H3. The average Bonchev–Trinajstić information content (AvgIpc) is 2.00. The summed E-state index contributed by atoms with van der Waals surface area (Å²) in [5.74, 6) is 1.25. The molecule has 11 heavy (non-hydrogen) atoms. The molecule has 0 saturated carbocycles. The summed E-state index contributed by atoms with van der Waals surface area (Å²) < 4.78 is 15.4. The summed E-state index contributed by atoms with van der Waals surface area (Å²) in [7, 11) is 0.629. The largest absolute Gasteiger partial charge is 0.526 e. The highest BCUT2D eigenvalue weighted by atomic mass is 28.2. The van der Waals surface area contributed by atoms with Gasteiger partial charge < -0.3 is 13.9 Å². The van der Waals surface area contributed by atoms with Gasteiger partial charge in [0.1, 0.15) is 0 Å². The molecule has 0 aliphatic rings. The molecule has 4 heteroatoms.